The van der Waals surface area contributed by atoms with E-state index in [1.54, 1.807) is 18.2 Å². The van der Waals surface area contributed by atoms with Gasteiger partial charge in [-0.05, 0) is 36.8 Å². The molecule has 0 aliphatic carbocycles. The zero-order valence-corrected chi connectivity index (χ0v) is 11.9. The zero-order chi connectivity index (χ0) is 15.1. The van der Waals surface area contributed by atoms with Gasteiger partial charge in [-0.25, -0.2) is 4.39 Å². The molecule has 0 aromatic heterocycles. The van der Waals surface area contributed by atoms with Crippen molar-refractivity contribution in [1.29, 1.82) is 0 Å². The molecule has 0 amide bonds. The zero-order valence-electron chi connectivity index (χ0n) is 11.9. The van der Waals surface area contributed by atoms with E-state index in [1.807, 2.05) is 25.1 Å². The highest BCUT2D eigenvalue weighted by Crippen LogP contribution is 2.20. The molecule has 21 heavy (non-hydrogen) atoms. The Hall–Kier alpha value is -2.31. The van der Waals surface area contributed by atoms with Gasteiger partial charge in [0.15, 0.2) is 0 Å². The normalized spacial score (nSPS) is 9.86. The molecule has 0 spiro atoms. The van der Waals surface area contributed by atoms with Gasteiger partial charge in [0.05, 0.1) is 6.61 Å². The second kappa shape index (κ2) is 7.47. The summed E-state index contributed by atoms with van der Waals surface area (Å²) in [5.74, 6) is 6.30. The van der Waals surface area contributed by atoms with Crippen LogP contribution in [0, 0.1) is 24.6 Å². The first-order chi connectivity index (χ1) is 10.2. The maximum absolute atomic E-state index is 13.5. The standard InChI is InChI=1S/C18H17FO2/c1-14-12-15(6-4-5-11-20)9-10-18(14)21-13-16-7-2-3-8-17(16)19/h2-3,7-10,12,20H,5,11,13H2,1H3. The third kappa shape index (κ3) is 4.34. The number of hydrogen-bond acceptors (Lipinski definition) is 2. The van der Waals surface area contributed by atoms with Crippen molar-refractivity contribution >= 4 is 0 Å². The molecule has 0 radical (unpaired) electrons. The lowest BCUT2D eigenvalue weighted by atomic mass is 10.1. The van der Waals surface area contributed by atoms with Gasteiger partial charge in [0.2, 0.25) is 0 Å². The Kier molecular flexibility index (Phi) is 5.36. The summed E-state index contributed by atoms with van der Waals surface area (Å²) in [6.07, 6.45) is 0.463. The van der Waals surface area contributed by atoms with Crippen LogP contribution in [0.1, 0.15) is 23.1 Å². The van der Waals surface area contributed by atoms with E-state index in [4.69, 9.17) is 9.84 Å². The summed E-state index contributed by atoms with van der Waals surface area (Å²) >= 11 is 0. The Morgan fingerprint density at radius 3 is 2.71 bits per heavy atom. The van der Waals surface area contributed by atoms with Crippen LogP contribution in [0.3, 0.4) is 0 Å². The first kappa shape index (κ1) is 15.1. The minimum Gasteiger partial charge on any atom is -0.489 e. The van der Waals surface area contributed by atoms with Crippen LogP contribution in [-0.4, -0.2) is 11.7 Å². The predicted molar refractivity (Wildman–Crippen MR) is 80.5 cm³/mol. The van der Waals surface area contributed by atoms with Crippen LogP contribution in [0.2, 0.25) is 0 Å². The van der Waals surface area contributed by atoms with Crippen molar-refractivity contribution in [1.82, 2.24) is 0 Å². The average molecular weight is 284 g/mol. The number of halogens is 1. The van der Waals surface area contributed by atoms with Crippen molar-refractivity contribution in [2.75, 3.05) is 6.61 Å². The van der Waals surface area contributed by atoms with E-state index in [9.17, 15) is 4.39 Å². The van der Waals surface area contributed by atoms with E-state index in [-0.39, 0.29) is 19.0 Å². The Morgan fingerprint density at radius 2 is 2.00 bits per heavy atom. The van der Waals surface area contributed by atoms with E-state index in [2.05, 4.69) is 11.8 Å². The van der Waals surface area contributed by atoms with Crippen LogP contribution < -0.4 is 4.74 Å². The maximum atomic E-state index is 13.5. The number of aryl methyl sites for hydroxylation is 1. The Labute approximate surface area is 124 Å². The van der Waals surface area contributed by atoms with E-state index in [1.165, 1.54) is 6.07 Å². The molecule has 0 aliphatic heterocycles. The molecular formula is C18H17FO2. The molecule has 1 N–H and O–H groups in total. The molecule has 2 aromatic carbocycles. The van der Waals surface area contributed by atoms with Gasteiger partial charge in [0.1, 0.15) is 18.2 Å². The van der Waals surface area contributed by atoms with Crippen molar-refractivity contribution in [3.63, 3.8) is 0 Å². The molecule has 0 aliphatic rings. The number of rotatable bonds is 4. The molecule has 0 unspecified atom stereocenters. The molecule has 0 saturated carbocycles. The summed E-state index contributed by atoms with van der Waals surface area (Å²) in [5, 5.41) is 8.69. The number of hydrogen-bond donors (Lipinski definition) is 1. The third-order valence-electron chi connectivity index (χ3n) is 2.99. The average Bonchev–Trinajstić information content (AvgIpc) is 2.48. The summed E-state index contributed by atoms with van der Waals surface area (Å²) in [7, 11) is 0. The number of aliphatic hydroxyl groups is 1. The lowest BCUT2D eigenvalue weighted by Gasteiger charge is -2.10. The molecule has 2 aromatic rings. The quantitative estimate of drug-likeness (QED) is 0.871. The molecule has 0 saturated heterocycles. The fourth-order valence-electron chi connectivity index (χ4n) is 1.88. The van der Waals surface area contributed by atoms with Crippen LogP contribution >= 0.6 is 0 Å². The summed E-state index contributed by atoms with van der Waals surface area (Å²) in [4.78, 5) is 0. The number of ether oxygens (including phenoxy) is 1. The van der Waals surface area contributed by atoms with Crippen LogP contribution in [0.15, 0.2) is 42.5 Å². The highest BCUT2D eigenvalue weighted by molar-refractivity contribution is 5.43. The second-order valence-electron chi connectivity index (χ2n) is 4.64. The topological polar surface area (TPSA) is 29.5 Å². The SMILES string of the molecule is Cc1cc(C#CCCO)ccc1OCc1ccccc1F. The van der Waals surface area contributed by atoms with E-state index >= 15 is 0 Å². The third-order valence-corrected chi connectivity index (χ3v) is 2.99. The van der Waals surface area contributed by atoms with Gasteiger partial charge in [0.25, 0.3) is 0 Å². The summed E-state index contributed by atoms with van der Waals surface area (Å²) in [6, 6.07) is 12.2. The fraction of sp³-hybridized carbons (Fsp3) is 0.222. The molecule has 2 nitrogen and oxygen atoms in total. The fourth-order valence-corrected chi connectivity index (χ4v) is 1.88. The Morgan fingerprint density at radius 1 is 1.19 bits per heavy atom. The highest BCUT2D eigenvalue weighted by Gasteiger charge is 2.04. The maximum Gasteiger partial charge on any atom is 0.129 e. The Bertz CT molecular complexity index is 668. The molecule has 0 atom stereocenters. The second-order valence-corrected chi connectivity index (χ2v) is 4.64. The van der Waals surface area contributed by atoms with Crippen molar-refractivity contribution in [2.45, 2.75) is 20.0 Å². The van der Waals surface area contributed by atoms with E-state index in [0.717, 1.165) is 11.1 Å². The smallest absolute Gasteiger partial charge is 0.129 e. The van der Waals surface area contributed by atoms with Gasteiger partial charge in [-0.3, -0.25) is 0 Å². The molecule has 3 heteroatoms. The van der Waals surface area contributed by atoms with Gasteiger partial charge in [-0.15, -0.1) is 0 Å². The highest BCUT2D eigenvalue weighted by atomic mass is 19.1. The molecule has 2 rings (SSSR count). The van der Waals surface area contributed by atoms with Crippen molar-refractivity contribution in [3.8, 4) is 17.6 Å². The molecule has 0 fully saturated rings. The molecular weight excluding hydrogens is 267 g/mol. The minimum absolute atomic E-state index is 0.0653. The van der Waals surface area contributed by atoms with Crippen molar-refractivity contribution in [3.05, 3.63) is 65.0 Å². The van der Waals surface area contributed by atoms with Crippen LogP contribution in [0.4, 0.5) is 4.39 Å². The van der Waals surface area contributed by atoms with Gasteiger partial charge in [-0.1, -0.05) is 30.0 Å². The first-order valence-electron chi connectivity index (χ1n) is 6.77. The summed E-state index contributed by atoms with van der Waals surface area (Å²) in [6.45, 7) is 2.19. The van der Waals surface area contributed by atoms with Crippen molar-refractivity contribution < 1.29 is 14.2 Å². The monoisotopic (exact) mass is 284 g/mol. The first-order valence-corrected chi connectivity index (χ1v) is 6.77. The number of aliphatic hydroxyl groups excluding tert-OH is 1. The minimum atomic E-state index is -0.262. The lowest BCUT2D eigenvalue weighted by molar-refractivity contribution is 0.298. The summed E-state index contributed by atoms with van der Waals surface area (Å²) in [5.41, 5.74) is 2.35. The van der Waals surface area contributed by atoms with Gasteiger partial charge < -0.3 is 9.84 Å². The summed E-state index contributed by atoms with van der Waals surface area (Å²) < 4.78 is 19.2. The Balaban J connectivity index is 2.05. The van der Waals surface area contributed by atoms with Crippen LogP contribution in [0.5, 0.6) is 5.75 Å². The van der Waals surface area contributed by atoms with Gasteiger partial charge >= 0.3 is 0 Å². The van der Waals surface area contributed by atoms with E-state index in [0.29, 0.717) is 17.7 Å². The van der Waals surface area contributed by atoms with Crippen LogP contribution in [-0.2, 0) is 6.61 Å². The molecule has 0 heterocycles. The van der Waals surface area contributed by atoms with Crippen LogP contribution in [0.25, 0.3) is 0 Å². The number of benzene rings is 2. The van der Waals surface area contributed by atoms with E-state index < -0.39 is 0 Å². The molecule has 0 bridgehead atoms. The van der Waals surface area contributed by atoms with Crippen molar-refractivity contribution in [2.24, 2.45) is 0 Å². The molecule has 108 valence electrons. The largest absolute Gasteiger partial charge is 0.489 e. The predicted octanol–water partition coefficient (Wildman–Crippen LogP) is 3.45. The van der Waals surface area contributed by atoms with Gasteiger partial charge in [0, 0.05) is 17.5 Å². The lowest BCUT2D eigenvalue weighted by Crippen LogP contribution is -1.99. The van der Waals surface area contributed by atoms with Gasteiger partial charge in [-0.2, -0.15) is 0 Å².